The van der Waals surface area contributed by atoms with Crippen molar-refractivity contribution in [2.75, 3.05) is 13.7 Å². The minimum Gasteiger partial charge on any atom is -0.497 e. The van der Waals surface area contributed by atoms with Crippen LogP contribution in [-0.2, 0) is 11.3 Å². The first-order valence-electron chi connectivity index (χ1n) is 8.36. The van der Waals surface area contributed by atoms with Crippen molar-refractivity contribution in [2.24, 2.45) is 0 Å². The van der Waals surface area contributed by atoms with E-state index in [0.29, 0.717) is 13.1 Å². The molecule has 0 radical (unpaired) electrons. The van der Waals surface area contributed by atoms with Crippen molar-refractivity contribution >= 4 is 12.0 Å². The molecule has 0 atom stereocenters. The summed E-state index contributed by atoms with van der Waals surface area (Å²) in [5.74, 6) is 0.630. The van der Waals surface area contributed by atoms with Gasteiger partial charge < -0.3 is 14.6 Å². The van der Waals surface area contributed by atoms with Gasteiger partial charge in [-0.25, -0.2) is 0 Å². The van der Waals surface area contributed by atoms with Crippen LogP contribution in [-0.4, -0.2) is 24.1 Å². The molecule has 5 nitrogen and oxygen atoms in total. The smallest absolute Gasteiger partial charge is 0.250 e. The molecule has 1 heterocycles. The third-order valence-corrected chi connectivity index (χ3v) is 3.90. The second kappa shape index (κ2) is 9.47. The van der Waals surface area contributed by atoms with E-state index >= 15 is 0 Å². The Bertz CT molecular complexity index is 794. The molecule has 2 aromatic rings. The number of rotatable bonds is 8. The van der Waals surface area contributed by atoms with Crippen molar-refractivity contribution in [3.8, 4) is 5.75 Å². The van der Waals surface area contributed by atoms with Gasteiger partial charge in [-0.3, -0.25) is 9.59 Å². The summed E-state index contributed by atoms with van der Waals surface area (Å²) in [5, 5.41) is 2.85. The fraction of sp³-hybridized carbons (Fsp3) is 0.300. The number of benzene rings is 1. The van der Waals surface area contributed by atoms with Crippen molar-refractivity contribution in [1.82, 2.24) is 9.88 Å². The number of pyridine rings is 1. The Balaban J connectivity index is 1.72. The minimum atomic E-state index is -0.129. The molecule has 0 aliphatic heterocycles. The number of hydrogen-bond donors (Lipinski definition) is 1. The third kappa shape index (κ3) is 5.95. The molecule has 0 aliphatic rings. The molecule has 1 aromatic carbocycles. The summed E-state index contributed by atoms with van der Waals surface area (Å²) >= 11 is 0. The molecule has 0 saturated carbocycles. The van der Waals surface area contributed by atoms with E-state index in [2.05, 4.69) is 5.32 Å². The number of carbonyl (C=O) groups excluding carboxylic acids is 1. The van der Waals surface area contributed by atoms with Crippen molar-refractivity contribution in [1.29, 1.82) is 0 Å². The van der Waals surface area contributed by atoms with Gasteiger partial charge in [-0.05, 0) is 49.6 Å². The molecule has 25 heavy (non-hydrogen) atoms. The number of amides is 1. The zero-order valence-electron chi connectivity index (χ0n) is 14.7. The Labute approximate surface area is 147 Å². The van der Waals surface area contributed by atoms with Crippen LogP contribution in [0.4, 0.5) is 0 Å². The van der Waals surface area contributed by atoms with Crippen molar-refractivity contribution in [3.63, 3.8) is 0 Å². The predicted molar refractivity (Wildman–Crippen MR) is 99.7 cm³/mol. The number of ether oxygens (including phenoxy) is 1. The van der Waals surface area contributed by atoms with Gasteiger partial charge in [0.1, 0.15) is 5.75 Å². The van der Waals surface area contributed by atoms with Crippen LogP contribution in [0, 0.1) is 6.92 Å². The van der Waals surface area contributed by atoms with E-state index in [1.54, 1.807) is 29.9 Å². The van der Waals surface area contributed by atoms with E-state index in [4.69, 9.17) is 4.74 Å². The standard InChI is InChI=1S/C20H24N2O3/c1-16-7-5-10-20(24)22(16)14-4-3-13-21-19(23)12-11-17-8-6-9-18(15-17)25-2/h5-12,15H,3-4,13-14H2,1-2H3,(H,21,23)/b12-11+. The molecule has 0 spiro atoms. The van der Waals surface area contributed by atoms with E-state index in [-0.39, 0.29) is 11.5 Å². The lowest BCUT2D eigenvalue weighted by atomic mass is 10.2. The Morgan fingerprint density at radius 2 is 2.00 bits per heavy atom. The van der Waals surface area contributed by atoms with E-state index in [0.717, 1.165) is 29.8 Å². The summed E-state index contributed by atoms with van der Waals surface area (Å²) in [7, 11) is 1.61. The molecule has 2 rings (SSSR count). The Morgan fingerprint density at radius 3 is 2.76 bits per heavy atom. The number of hydrogen-bond acceptors (Lipinski definition) is 3. The number of nitrogens with one attached hydrogen (secondary N) is 1. The lowest BCUT2D eigenvalue weighted by molar-refractivity contribution is -0.116. The van der Waals surface area contributed by atoms with Gasteiger partial charge in [0.25, 0.3) is 5.56 Å². The van der Waals surface area contributed by atoms with Crippen molar-refractivity contribution in [3.05, 3.63) is 70.2 Å². The molecule has 0 aliphatic carbocycles. The Hall–Kier alpha value is -2.82. The molecule has 0 fully saturated rings. The molecular weight excluding hydrogens is 316 g/mol. The minimum absolute atomic E-state index is 0.0188. The molecule has 0 saturated heterocycles. The maximum atomic E-state index is 11.8. The molecular formula is C20H24N2O3. The van der Waals surface area contributed by atoms with Gasteiger partial charge in [0.05, 0.1) is 7.11 Å². The fourth-order valence-corrected chi connectivity index (χ4v) is 2.49. The number of aromatic nitrogens is 1. The average Bonchev–Trinajstić information content (AvgIpc) is 2.62. The monoisotopic (exact) mass is 340 g/mol. The van der Waals surface area contributed by atoms with E-state index in [9.17, 15) is 9.59 Å². The molecule has 0 bridgehead atoms. The lowest BCUT2D eigenvalue weighted by Gasteiger charge is -2.09. The SMILES string of the molecule is COc1cccc(/C=C/C(=O)NCCCCn2c(C)cccc2=O)c1. The second-order valence-corrected chi connectivity index (χ2v) is 5.77. The van der Waals surface area contributed by atoms with Gasteiger partial charge in [-0.2, -0.15) is 0 Å². The highest BCUT2D eigenvalue weighted by molar-refractivity contribution is 5.91. The van der Waals surface area contributed by atoms with E-state index < -0.39 is 0 Å². The highest BCUT2D eigenvalue weighted by Crippen LogP contribution is 2.13. The summed E-state index contributed by atoms with van der Waals surface area (Å²) in [6.45, 7) is 3.18. The van der Waals surface area contributed by atoms with Crippen LogP contribution in [0.1, 0.15) is 24.1 Å². The summed E-state index contributed by atoms with van der Waals surface area (Å²) in [6, 6.07) is 12.8. The third-order valence-electron chi connectivity index (χ3n) is 3.90. The topological polar surface area (TPSA) is 60.3 Å². The van der Waals surface area contributed by atoms with Crippen LogP contribution in [0.5, 0.6) is 5.75 Å². The number of methoxy groups -OCH3 is 1. The first kappa shape index (κ1) is 18.5. The van der Waals surface area contributed by atoms with Gasteiger partial charge in [0.2, 0.25) is 5.91 Å². The highest BCUT2D eigenvalue weighted by Gasteiger charge is 2.00. The second-order valence-electron chi connectivity index (χ2n) is 5.77. The van der Waals surface area contributed by atoms with Crippen LogP contribution in [0.3, 0.4) is 0 Å². The Kier molecular flexibility index (Phi) is 7.01. The number of carbonyl (C=O) groups is 1. The summed E-state index contributed by atoms with van der Waals surface area (Å²) < 4.78 is 6.90. The molecule has 132 valence electrons. The van der Waals surface area contributed by atoms with Crippen LogP contribution in [0.25, 0.3) is 6.08 Å². The van der Waals surface area contributed by atoms with Crippen LogP contribution in [0.2, 0.25) is 0 Å². The fourth-order valence-electron chi connectivity index (χ4n) is 2.49. The van der Waals surface area contributed by atoms with Crippen molar-refractivity contribution < 1.29 is 9.53 Å². The van der Waals surface area contributed by atoms with Gasteiger partial charge in [0.15, 0.2) is 0 Å². The maximum Gasteiger partial charge on any atom is 0.250 e. The highest BCUT2D eigenvalue weighted by atomic mass is 16.5. The van der Waals surface area contributed by atoms with Crippen LogP contribution >= 0.6 is 0 Å². The van der Waals surface area contributed by atoms with Crippen LogP contribution < -0.4 is 15.6 Å². The zero-order chi connectivity index (χ0) is 18.1. The summed E-state index contributed by atoms with van der Waals surface area (Å²) in [6.07, 6.45) is 4.93. The van der Waals surface area contributed by atoms with E-state index in [1.165, 1.54) is 6.08 Å². The molecule has 5 heteroatoms. The number of unbranched alkanes of at least 4 members (excludes halogenated alkanes) is 1. The van der Waals surface area contributed by atoms with Gasteiger partial charge in [-0.15, -0.1) is 0 Å². The predicted octanol–water partition coefficient (Wildman–Crippen LogP) is 2.78. The first-order chi connectivity index (χ1) is 12.1. The summed E-state index contributed by atoms with van der Waals surface area (Å²) in [5.41, 5.74) is 1.89. The number of nitrogens with zero attached hydrogens (tertiary/aromatic N) is 1. The first-order valence-corrected chi connectivity index (χ1v) is 8.36. The molecule has 1 N–H and O–H groups in total. The van der Waals surface area contributed by atoms with Crippen molar-refractivity contribution in [2.45, 2.75) is 26.3 Å². The maximum absolute atomic E-state index is 11.8. The largest absolute Gasteiger partial charge is 0.497 e. The molecule has 0 unspecified atom stereocenters. The Morgan fingerprint density at radius 1 is 1.20 bits per heavy atom. The van der Waals surface area contributed by atoms with E-state index in [1.807, 2.05) is 37.3 Å². The van der Waals surface area contributed by atoms with Gasteiger partial charge in [-0.1, -0.05) is 18.2 Å². The van der Waals surface area contributed by atoms with Crippen LogP contribution in [0.15, 0.2) is 53.3 Å². The molecule has 1 amide bonds. The quantitative estimate of drug-likeness (QED) is 0.594. The lowest BCUT2D eigenvalue weighted by Crippen LogP contribution is -2.24. The van der Waals surface area contributed by atoms with Gasteiger partial charge >= 0.3 is 0 Å². The normalized spacial score (nSPS) is 10.8. The van der Waals surface area contributed by atoms with Gasteiger partial charge in [0, 0.05) is 30.9 Å². The summed E-state index contributed by atoms with van der Waals surface area (Å²) in [4.78, 5) is 23.6. The average molecular weight is 340 g/mol. The number of aryl methyl sites for hydroxylation is 1. The molecule has 1 aromatic heterocycles. The zero-order valence-corrected chi connectivity index (χ0v) is 14.7.